The van der Waals surface area contributed by atoms with Gasteiger partial charge in [-0.15, -0.1) is 0 Å². The molecule has 6 heteroatoms. The fourth-order valence-corrected chi connectivity index (χ4v) is 2.27. The minimum atomic E-state index is 0.0890. The first-order chi connectivity index (χ1) is 9.42. The van der Waals surface area contributed by atoms with Gasteiger partial charge >= 0.3 is 0 Å². The summed E-state index contributed by atoms with van der Waals surface area (Å²) in [6, 6.07) is 2.13. The summed E-state index contributed by atoms with van der Waals surface area (Å²) in [4.78, 5) is 8.68. The molecule has 2 aromatic heterocycles. The Hall–Kier alpha value is -2.08. The molecule has 0 spiro atoms. The first kappa shape index (κ1) is 14.3. The predicted octanol–water partition coefficient (Wildman–Crippen LogP) is 2.76. The van der Waals surface area contributed by atoms with Crippen molar-refractivity contribution in [2.75, 3.05) is 10.7 Å². The van der Waals surface area contributed by atoms with Crippen LogP contribution in [0, 0.1) is 27.7 Å². The number of rotatable bonds is 4. The number of hydrazine groups is 1. The Labute approximate surface area is 118 Å². The lowest BCUT2D eigenvalue weighted by Crippen LogP contribution is -2.15. The predicted molar refractivity (Wildman–Crippen MR) is 79.5 cm³/mol. The number of hydrogen-bond acceptors (Lipinski definition) is 6. The van der Waals surface area contributed by atoms with E-state index >= 15 is 0 Å². The van der Waals surface area contributed by atoms with E-state index in [4.69, 9.17) is 10.3 Å². The molecule has 1 atom stereocenters. The molecule has 1 unspecified atom stereocenters. The maximum atomic E-state index is 5.57. The number of anilines is 2. The molecule has 0 aliphatic carbocycles. The van der Waals surface area contributed by atoms with Crippen LogP contribution in [0.1, 0.15) is 41.4 Å². The highest BCUT2D eigenvalue weighted by Crippen LogP contribution is 2.27. The van der Waals surface area contributed by atoms with E-state index in [1.54, 1.807) is 0 Å². The third-order valence-electron chi connectivity index (χ3n) is 3.29. The monoisotopic (exact) mass is 275 g/mol. The number of hydrogen-bond donors (Lipinski definition) is 3. The lowest BCUT2D eigenvalue weighted by molar-refractivity contribution is 0.499. The smallest absolute Gasteiger partial charge is 0.148 e. The van der Waals surface area contributed by atoms with E-state index in [2.05, 4.69) is 27.6 Å². The molecule has 20 heavy (non-hydrogen) atoms. The van der Waals surface area contributed by atoms with Crippen molar-refractivity contribution in [2.45, 2.75) is 40.7 Å². The average molecular weight is 275 g/mol. The van der Waals surface area contributed by atoms with Gasteiger partial charge in [0.1, 0.15) is 29.0 Å². The van der Waals surface area contributed by atoms with E-state index in [1.807, 2.05) is 33.8 Å². The summed E-state index contributed by atoms with van der Waals surface area (Å²) in [5.41, 5.74) is 4.61. The van der Waals surface area contributed by atoms with Crippen LogP contribution in [0.4, 0.5) is 11.6 Å². The molecule has 0 aliphatic rings. The van der Waals surface area contributed by atoms with Gasteiger partial charge in [0.05, 0.1) is 6.04 Å². The van der Waals surface area contributed by atoms with Crippen LogP contribution in [-0.2, 0) is 0 Å². The number of nitrogens with two attached hydrogens (primary N) is 1. The summed E-state index contributed by atoms with van der Waals surface area (Å²) >= 11 is 0. The zero-order valence-electron chi connectivity index (χ0n) is 12.5. The van der Waals surface area contributed by atoms with E-state index in [0.29, 0.717) is 11.6 Å². The molecule has 0 bridgehead atoms. The zero-order chi connectivity index (χ0) is 14.9. The van der Waals surface area contributed by atoms with Crippen LogP contribution in [0.5, 0.6) is 0 Å². The Morgan fingerprint density at radius 2 is 1.80 bits per heavy atom. The van der Waals surface area contributed by atoms with Crippen molar-refractivity contribution in [3.63, 3.8) is 0 Å². The standard InChI is InChI=1S/C14H21N5O/c1-7-6-12(10(4)20-7)9(3)16-13-8(2)14(19-15)18-11(5)17-13/h6,9H,15H2,1-5H3,(H2,16,17,18,19). The van der Waals surface area contributed by atoms with E-state index in [9.17, 15) is 0 Å². The molecule has 0 fully saturated rings. The molecule has 0 radical (unpaired) electrons. The second-order valence-corrected chi connectivity index (χ2v) is 4.97. The van der Waals surface area contributed by atoms with E-state index in [-0.39, 0.29) is 6.04 Å². The average Bonchev–Trinajstić information content (AvgIpc) is 2.72. The Kier molecular flexibility index (Phi) is 3.94. The third-order valence-corrected chi connectivity index (χ3v) is 3.29. The largest absolute Gasteiger partial charge is 0.466 e. The highest BCUT2D eigenvalue weighted by Gasteiger charge is 2.15. The molecule has 108 valence electrons. The lowest BCUT2D eigenvalue weighted by Gasteiger charge is -2.17. The second-order valence-electron chi connectivity index (χ2n) is 4.97. The molecule has 0 aliphatic heterocycles. The van der Waals surface area contributed by atoms with Gasteiger partial charge in [-0.1, -0.05) is 0 Å². The fraction of sp³-hybridized carbons (Fsp3) is 0.429. The van der Waals surface area contributed by atoms with Crippen molar-refractivity contribution in [1.82, 2.24) is 9.97 Å². The third kappa shape index (κ3) is 2.75. The number of aryl methyl sites for hydroxylation is 3. The lowest BCUT2D eigenvalue weighted by atomic mass is 10.1. The summed E-state index contributed by atoms with van der Waals surface area (Å²) in [6.07, 6.45) is 0. The molecular weight excluding hydrogens is 254 g/mol. The molecule has 0 saturated heterocycles. The van der Waals surface area contributed by atoms with Crippen LogP contribution < -0.4 is 16.6 Å². The summed E-state index contributed by atoms with van der Waals surface area (Å²) < 4.78 is 5.57. The van der Waals surface area contributed by atoms with Gasteiger partial charge in [-0.2, -0.15) is 0 Å². The van der Waals surface area contributed by atoms with Crippen LogP contribution >= 0.6 is 0 Å². The van der Waals surface area contributed by atoms with Crippen molar-refractivity contribution in [1.29, 1.82) is 0 Å². The Morgan fingerprint density at radius 1 is 1.15 bits per heavy atom. The van der Waals surface area contributed by atoms with Gasteiger partial charge < -0.3 is 15.2 Å². The van der Waals surface area contributed by atoms with Gasteiger partial charge in [0.15, 0.2) is 0 Å². The van der Waals surface area contributed by atoms with Gasteiger partial charge in [0.25, 0.3) is 0 Å². The van der Waals surface area contributed by atoms with Crippen LogP contribution in [-0.4, -0.2) is 9.97 Å². The maximum Gasteiger partial charge on any atom is 0.148 e. The number of nitrogens with zero attached hydrogens (tertiary/aromatic N) is 2. The topological polar surface area (TPSA) is 89.0 Å². The molecular formula is C14H21N5O. The molecule has 2 aromatic rings. The van der Waals surface area contributed by atoms with E-state index in [0.717, 1.165) is 28.5 Å². The molecule has 4 N–H and O–H groups in total. The normalized spacial score (nSPS) is 12.3. The quantitative estimate of drug-likeness (QED) is 0.587. The fourth-order valence-electron chi connectivity index (χ4n) is 2.27. The SMILES string of the molecule is Cc1nc(NN)c(C)c(NC(C)c2cc(C)oc2C)n1. The number of furan rings is 1. The van der Waals surface area contributed by atoms with E-state index in [1.165, 1.54) is 0 Å². The van der Waals surface area contributed by atoms with Crippen LogP contribution in [0.2, 0.25) is 0 Å². The minimum absolute atomic E-state index is 0.0890. The van der Waals surface area contributed by atoms with Gasteiger partial charge in [-0.25, -0.2) is 15.8 Å². The first-order valence-electron chi connectivity index (χ1n) is 6.57. The first-order valence-corrected chi connectivity index (χ1v) is 6.57. The molecule has 0 saturated carbocycles. The van der Waals surface area contributed by atoms with Crippen LogP contribution in [0.15, 0.2) is 10.5 Å². The highest BCUT2D eigenvalue weighted by atomic mass is 16.3. The molecule has 6 nitrogen and oxygen atoms in total. The molecule has 2 heterocycles. The van der Waals surface area contributed by atoms with Crippen molar-refractivity contribution < 1.29 is 4.42 Å². The van der Waals surface area contributed by atoms with Crippen molar-refractivity contribution in [3.05, 3.63) is 34.5 Å². The summed E-state index contributed by atoms with van der Waals surface area (Å²) in [6.45, 7) is 9.75. The van der Waals surface area contributed by atoms with Gasteiger partial charge in [0, 0.05) is 11.1 Å². The van der Waals surface area contributed by atoms with Crippen molar-refractivity contribution >= 4 is 11.6 Å². The number of aromatic nitrogens is 2. The maximum absolute atomic E-state index is 5.57. The minimum Gasteiger partial charge on any atom is -0.466 e. The van der Waals surface area contributed by atoms with Crippen LogP contribution in [0.25, 0.3) is 0 Å². The van der Waals surface area contributed by atoms with E-state index < -0.39 is 0 Å². The summed E-state index contributed by atoms with van der Waals surface area (Å²) in [5.74, 6) is 9.37. The Morgan fingerprint density at radius 3 is 2.35 bits per heavy atom. The molecule has 2 rings (SSSR count). The molecule has 0 amide bonds. The summed E-state index contributed by atoms with van der Waals surface area (Å²) in [7, 11) is 0. The number of nitrogens with one attached hydrogen (secondary N) is 2. The Bertz CT molecular complexity index is 620. The highest BCUT2D eigenvalue weighted by molar-refractivity contribution is 5.57. The summed E-state index contributed by atoms with van der Waals surface area (Å²) in [5, 5.41) is 3.39. The Balaban J connectivity index is 2.30. The number of nitrogen functional groups attached to an aromatic ring is 1. The van der Waals surface area contributed by atoms with Crippen LogP contribution in [0.3, 0.4) is 0 Å². The second kappa shape index (κ2) is 5.50. The van der Waals surface area contributed by atoms with Crippen molar-refractivity contribution in [2.24, 2.45) is 5.84 Å². The van der Waals surface area contributed by atoms with Gasteiger partial charge in [-0.05, 0) is 40.7 Å². The molecule has 0 aromatic carbocycles. The zero-order valence-corrected chi connectivity index (χ0v) is 12.5. The van der Waals surface area contributed by atoms with Crippen molar-refractivity contribution in [3.8, 4) is 0 Å². The van der Waals surface area contributed by atoms with Gasteiger partial charge in [-0.3, -0.25) is 0 Å². The van der Waals surface area contributed by atoms with Gasteiger partial charge in [0.2, 0.25) is 0 Å².